The molecule has 0 aliphatic carbocycles. The number of likely N-dealkylation sites (N-methyl/N-ethyl adjacent to an activating group) is 1. The lowest BCUT2D eigenvalue weighted by Crippen LogP contribution is -3.08. The number of hydrogen-bond donors (Lipinski definition) is 1. The van der Waals surface area contributed by atoms with Crippen LogP contribution in [0.15, 0.2) is 30.6 Å². The Morgan fingerprint density at radius 3 is 3.12 bits per heavy atom. The summed E-state index contributed by atoms with van der Waals surface area (Å²) in [5.74, 6) is 1.26. The van der Waals surface area contributed by atoms with Crippen molar-refractivity contribution in [1.29, 1.82) is 0 Å². The molecule has 0 saturated heterocycles. The fourth-order valence-electron chi connectivity index (χ4n) is 3.42. The monoisotopic (exact) mass is 386 g/mol. The molecule has 1 aliphatic rings. The Hall–Kier alpha value is -2.22. The van der Waals surface area contributed by atoms with Gasteiger partial charge in [-0.2, -0.15) is 0 Å². The molecule has 0 radical (unpaired) electrons. The molecule has 0 bridgehead atoms. The maximum absolute atomic E-state index is 6.14. The lowest BCUT2D eigenvalue weighted by atomic mass is 10.1. The summed E-state index contributed by atoms with van der Waals surface area (Å²) in [6.45, 7) is 2.46. The van der Waals surface area contributed by atoms with Gasteiger partial charge in [-0.3, -0.25) is 0 Å². The maximum Gasteiger partial charge on any atom is 0.189 e. The van der Waals surface area contributed by atoms with Crippen LogP contribution in [-0.4, -0.2) is 33.2 Å². The van der Waals surface area contributed by atoms with Crippen molar-refractivity contribution >= 4 is 38.8 Å². The summed E-state index contributed by atoms with van der Waals surface area (Å²) in [5, 5.41) is 6.26. The van der Waals surface area contributed by atoms with Crippen molar-refractivity contribution in [3.05, 3.63) is 51.9 Å². The van der Waals surface area contributed by atoms with Gasteiger partial charge in [-0.05, 0) is 17.7 Å². The van der Waals surface area contributed by atoms with E-state index in [4.69, 9.17) is 21.3 Å². The molecule has 8 heteroatoms. The number of aromatic nitrogens is 4. The second-order valence-corrected chi connectivity index (χ2v) is 8.07. The van der Waals surface area contributed by atoms with Gasteiger partial charge in [-0.1, -0.05) is 23.7 Å². The minimum absolute atomic E-state index is 0.270. The number of ether oxygens (including phenoxy) is 1. The Kier molecular flexibility index (Phi) is 3.81. The van der Waals surface area contributed by atoms with Crippen LogP contribution in [0.5, 0.6) is 5.75 Å². The van der Waals surface area contributed by atoms with Crippen LogP contribution in [-0.2, 0) is 19.6 Å². The maximum atomic E-state index is 6.14. The van der Waals surface area contributed by atoms with Crippen LogP contribution in [0, 0.1) is 0 Å². The van der Waals surface area contributed by atoms with Crippen LogP contribution in [0.2, 0.25) is 5.02 Å². The van der Waals surface area contributed by atoms with E-state index in [-0.39, 0.29) is 6.61 Å². The van der Waals surface area contributed by atoms with Gasteiger partial charge < -0.3 is 9.64 Å². The molecule has 4 aromatic rings. The van der Waals surface area contributed by atoms with E-state index in [0.29, 0.717) is 16.6 Å². The zero-order valence-electron chi connectivity index (χ0n) is 14.2. The number of nitrogens with one attached hydrogen (secondary N) is 1. The lowest BCUT2D eigenvalue weighted by molar-refractivity contribution is -0.895. The van der Waals surface area contributed by atoms with Gasteiger partial charge in [0.2, 0.25) is 0 Å². The molecule has 0 fully saturated rings. The molecule has 1 unspecified atom stereocenters. The molecule has 0 spiro atoms. The van der Waals surface area contributed by atoms with Gasteiger partial charge in [0, 0.05) is 6.42 Å². The highest BCUT2D eigenvalue weighted by Crippen LogP contribution is 2.33. The van der Waals surface area contributed by atoms with E-state index in [1.165, 1.54) is 15.3 Å². The number of rotatable bonds is 3. The molecule has 1 aliphatic heterocycles. The average Bonchev–Trinajstić information content (AvgIpc) is 3.20. The Morgan fingerprint density at radius 2 is 2.23 bits per heavy atom. The summed E-state index contributed by atoms with van der Waals surface area (Å²) in [7, 11) is 2.23. The molecule has 0 amide bonds. The molecule has 26 heavy (non-hydrogen) atoms. The summed E-state index contributed by atoms with van der Waals surface area (Å²) in [5.41, 5.74) is 2.25. The quantitative estimate of drug-likeness (QED) is 0.586. The van der Waals surface area contributed by atoms with Gasteiger partial charge in [0.1, 0.15) is 30.1 Å². The van der Waals surface area contributed by atoms with E-state index >= 15 is 0 Å². The third-order valence-electron chi connectivity index (χ3n) is 4.71. The third-order valence-corrected chi connectivity index (χ3v) is 6.17. The van der Waals surface area contributed by atoms with Gasteiger partial charge in [-0.15, -0.1) is 16.4 Å². The normalized spacial score (nSPS) is 16.9. The summed E-state index contributed by atoms with van der Waals surface area (Å²) < 4.78 is 7.54. The van der Waals surface area contributed by atoms with Crippen LogP contribution < -0.4 is 9.64 Å². The van der Waals surface area contributed by atoms with Gasteiger partial charge in [0.25, 0.3) is 0 Å². The van der Waals surface area contributed by atoms with Crippen molar-refractivity contribution < 1.29 is 9.64 Å². The molecule has 1 aromatic carbocycles. The van der Waals surface area contributed by atoms with Crippen molar-refractivity contribution in [1.82, 2.24) is 19.6 Å². The van der Waals surface area contributed by atoms with Gasteiger partial charge >= 0.3 is 0 Å². The first-order chi connectivity index (χ1) is 12.7. The highest BCUT2D eigenvalue weighted by atomic mass is 35.5. The number of benzene rings is 1. The SMILES string of the molecule is C[NH+]1CCc2c(sc3ncn4nc(COc5ccccc5Cl)nc4c23)C1. The average molecular weight is 387 g/mol. The van der Waals surface area contributed by atoms with E-state index in [1.807, 2.05) is 18.2 Å². The zero-order valence-corrected chi connectivity index (χ0v) is 15.8. The van der Waals surface area contributed by atoms with Gasteiger partial charge in [0.15, 0.2) is 11.5 Å². The Balaban J connectivity index is 1.53. The molecule has 3 aromatic heterocycles. The molecular weight excluding hydrogens is 370 g/mol. The Bertz CT molecular complexity index is 1120. The Morgan fingerprint density at radius 1 is 1.35 bits per heavy atom. The Labute approximate surface area is 159 Å². The largest absolute Gasteiger partial charge is 0.484 e. The fourth-order valence-corrected chi connectivity index (χ4v) is 4.90. The van der Waals surface area contributed by atoms with Crippen LogP contribution in [0.4, 0.5) is 0 Å². The molecule has 5 rings (SSSR count). The number of quaternary nitrogens is 1. The van der Waals surface area contributed by atoms with Crippen LogP contribution in [0.1, 0.15) is 16.3 Å². The van der Waals surface area contributed by atoms with E-state index in [2.05, 4.69) is 17.1 Å². The van der Waals surface area contributed by atoms with Crippen molar-refractivity contribution in [2.75, 3.05) is 13.6 Å². The molecule has 6 nitrogen and oxygen atoms in total. The van der Waals surface area contributed by atoms with Gasteiger partial charge in [-0.25, -0.2) is 14.5 Å². The van der Waals surface area contributed by atoms with Crippen LogP contribution >= 0.6 is 22.9 Å². The van der Waals surface area contributed by atoms with E-state index in [9.17, 15) is 0 Å². The number of halogens is 1. The first-order valence-electron chi connectivity index (χ1n) is 8.52. The number of thiophene rings is 1. The van der Waals surface area contributed by atoms with E-state index in [1.54, 1.807) is 28.2 Å². The fraction of sp³-hybridized carbons (Fsp3) is 0.278. The molecule has 4 heterocycles. The predicted molar refractivity (Wildman–Crippen MR) is 101 cm³/mol. The summed E-state index contributed by atoms with van der Waals surface area (Å²) >= 11 is 7.92. The number of fused-ring (bicyclic) bond motifs is 5. The van der Waals surface area contributed by atoms with Crippen molar-refractivity contribution in [3.63, 3.8) is 0 Å². The highest BCUT2D eigenvalue weighted by Gasteiger charge is 2.24. The summed E-state index contributed by atoms with van der Waals surface area (Å²) in [4.78, 5) is 13.3. The molecule has 1 atom stereocenters. The first-order valence-corrected chi connectivity index (χ1v) is 9.71. The number of para-hydroxylation sites is 1. The molecular formula is C18H17ClN5OS+. The molecule has 0 saturated carbocycles. The highest BCUT2D eigenvalue weighted by molar-refractivity contribution is 7.19. The van der Waals surface area contributed by atoms with Crippen LogP contribution in [0.25, 0.3) is 15.9 Å². The summed E-state index contributed by atoms with van der Waals surface area (Å²) in [6, 6.07) is 7.41. The van der Waals surface area contributed by atoms with Crippen molar-refractivity contribution in [2.45, 2.75) is 19.6 Å². The zero-order chi connectivity index (χ0) is 17.7. The minimum Gasteiger partial charge on any atom is -0.484 e. The van der Waals surface area contributed by atoms with E-state index < -0.39 is 0 Å². The second kappa shape index (κ2) is 6.19. The lowest BCUT2D eigenvalue weighted by Gasteiger charge is -2.19. The first kappa shape index (κ1) is 16.0. The summed E-state index contributed by atoms with van der Waals surface area (Å²) in [6.07, 6.45) is 2.79. The van der Waals surface area contributed by atoms with Crippen molar-refractivity contribution in [2.24, 2.45) is 0 Å². The van der Waals surface area contributed by atoms with Gasteiger partial charge in [0.05, 0.1) is 28.9 Å². The van der Waals surface area contributed by atoms with E-state index in [0.717, 1.165) is 35.4 Å². The molecule has 1 N–H and O–H groups in total. The smallest absolute Gasteiger partial charge is 0.189 e. The third kappa shape index (κ3) is 2.63. The number of nitrogens with zero attached hydrogens (tertiary/aromatic N) is 4. The number of hydrogen-bond acceptors (Lipinski definition) is 5. The second-order valence-electron chi connectivity index (χ2n) is 6.58. The van der Waals surface area contributed by atoms with Crippen molar-refractivity contribution in [3.8, 4) is 5.75 Å². The predicted octanol–water partition coefficient (Wildman–Crippen LogP) is 2.14. The molecule has 132 valence electrons. The topological polar surface area (TPSA) is 56.8 Å². The van der Waals surface area contributed by atoms with Crippen LogP contribution in [0.3, 0.4) is 0 Å². The minimum atomic E-state index is 0.270. The standard InChI is InChI=1S/C18H16ClN5OS/c1-23-7-6-11-14(8-23)26-18-16(11)17-21-15(22-24(17)10-20-18)9-25-13-5-3-2-4-12(13)19/h2-5,10H,6-9H2,1H3/p+1.